The van der Waals surface area contributed by atoms with Crippen molar-refractivity contribution in [2.24, 2.45) is 0 Å². The first-order chi connectivity index (χ1) is 15.9. The smallest absolute Gasteiger partial charge is 0.243 e. The molecular formula is C25H34N4O3S. The van der Waals surface area contributed by atoms with E-state index in [9.17, 15) is 13.2 Å². The van der Waals surface area contributed by atoms with Crippen LogP contribution in [0.15, 0.2) is 59.5 Å². The van der Waals surface area contributed by atoms with Crippen molar-refractivity contribution in [2.45, 2.75) is 37.2 Å². The van der Waals surface area contributed by atoms with E-state index in [0.29, 0.717) is 37.6 Å². The number of aryl methyl sites for hydroxylation is 1. The fourth-order valence-corrected chi connectivity index (χ4v) is 6.04. The van der Waals surface area contributed by atoms with Crippen molar-refractivity contribution in [3.05, 3.63) is 65.7 Å². The van der Waals surface area contributed by atoms with Crippen molar-refractivity contribution in [1.29, 1.82) is 0 Å². The van der Waals surface area contributed by atoms with Crippen molar-refractivity contribution in [3.63, 3.8) is 0 Å². The summed E-state index contributed by atoms with van der Waals surface area (Å²) in [5, 5.41) is 3.20. The Morgan fingerprint density at radius 1 is 0.939 bits per heavy atom. The van der Waals surface area contributed by atoms with Crippen LogP contribution in [0.5, 0.6) is 0 Å². The largest absolute Gasteiger partial charge is 0.351 e. The number of carbonyl (C=O) groups excluding carboxylic acids is 1. The third kappa shape index (κ3) is 6.41. The second kappa shape index (κ2) is 10.8. The molecule has 0 radical (unpaired) electrons. The monoisotopic (exact) mass is 470 g/mol. The molecule has 2 heterocycles. The van der Waals surface area contributed by atoms with Crippen LogP contribution in [0.25, 0.3) is 0 Å². The van der Waals surface area contributed by atoms with Gasteiger partial charge in [0.1, 0.15) is 0 Å². The Bertz CT molecular complexity index is 1020. The number of amides is 1. The number of piperazine rings is 1. The molecule has 2 saturated heterocycles. The number of nitrogens with one attached hydrogen (secondary N) is 1. The van der Waals surface area contributed by atoms with E-state index in [1.807, 2.05) is 30.0 Å². The zero-order chi connectivity index (χ0) is 23.3. The molecule has 1 atom stereocenters. The third-order valence-electron chi connectivity index (χ3n) is 6.48. The average molecular weight is 471 g/mol. The van der Waals surface area contributed by atoms with Crippen LogP contribution in [0.1, 0.15) is 24.0 Å². The van der Waals surface area contributed by atoms with Gasteiger partial charge in [0.2, 0.25) is 15.9 Å². The molecule has 0 spiro atoms. The Morgan fingerprint density at radius 2 is 1.64 bits per heavy atom. The third-order valence-corrected chi connectivity index (χ3v) is 8.39. The normalized spacial score (nSPS) is 21.1. The number of carbonyl (C=O) groups is 1. The van der Waals surface area contributed by atoms with Gasteiger partial charge < -0.3 is 5.32 Å². The van der Waals surface area contributed by atoms with E-state index >= 15 is 0 Å². The van der Waals surface area contributed by atoms with Crippen LogP contribution >= 0.6 is 0 Å². The minimum absolute atomic E-state index is 0.0244. The van der Waals surface area contributed by atoms with E-state index in [4.69, 9.17) is 0 Å². The van der Waals surface area contributed by atoms with E-state index in [2.05, 4.69) is 34.5 Å². The molecular weight excluding hydrogens is 436 g/mol. The molecule has 8 heteroatoms. The highest BCUT2D eigenvalue weighted by atomic mass is 32.2. The summed E-state index contributed by atoms with van der Waals surface area (Å²) in [6, 6.07) is 17.6. The highest BCUT2D eigenvalue weighted by Gasteiger charge is 2.29. The SMILES string of the molecule is Cc1ccc(S(=O)(=O)N2CCN(CC(=O)NC3CCCN(Cc4ccccc4)C3)CC2)cc1. The maximum atomic E-state index is 12.9. The summed E-state index contributed by atoms with van der Waals surface area (Å²) in [6.07, 6.45) is 2.08. The molecule has 2 fully saturated rings. The average Bonchev–Trinajstić information content (AvgIpc) is 2.80. The highest BCUT2D eigenvalue weighted by molar-refractivity contribution is 7.89. The topological polar surface area (TPSA) is 73.0 Å². The molecule has 7 nitrogen and oxygen atoms in total. The molecule has 1 amide bonds. The summed E-state index contributed by atoms with van der Waals surface area (Å²) >= 11 is 0. The molecule has 33 heavy (non-hydrogen) atoms. The summed E-state index contributed by atoms with van der Waals surface area (Å²) in [6.45, 7) is 7.00. The van der Waals surface area contributed by atoms with Crippen LogP contribution in [0.2, 0.25) is 0 Å². The second-order valence-electron chi connectivity index (χ2n) is 9.12. The number of piperidine rings is 1. The molecule has 0 aromatic heterocycles. The van der Waals surface area contributed by atoms with Gasteiger partial charge in [-0.3, -0.25) is 14.6 Å². The molecule has 1 N–H and O–H groups in total. The molecule has 2 aliphatic rings. The summed E-state index contributed by atoms with van der Waals surface area (Å²) in [5.41, 5.74) is 2.33. The number of benzene rings is 2. The molecule has 178 valence electrons. The van der Waals surface area contributed by atoms with E-state index in [1.165, 1.54) is 9.87 Å². The highest BCUT2D eigenvalue weighted by Crippen LogP contribution is 2.18. The lowest BCUT2D eigenvalue weighted by Crippen LogP contribution is -2.53. The predicted octanol–water partition coefficient (Wildman–Crippen LogP) is 2.08. The van der Waals surface area contributed by atoms with Crippen LogP contribution in [-0.2, 0) is 21.4 Å². The van der Waals surface area contributed by atoms with E-state index in [-0.39, 0.29) is 11.9 Å². The van der Waals surface area contributed by atoms with Gasteiger partial charge in [0.15, 0.2) is 0 Å². The van der Waals surface area contributed by atoms with Crippen molar-refractivity contribution in [1.82, 2.24) is 19.4 Å². The summed E-state index contributed by atoms with van der Waals surface area (Å²) in [4.78, 5) is 17.4. The van der Waals surface area contributed by atoms with Gasteiger partial charge in [0.05, 0.1) is 11.4 Å². The van der Waals surface area contributed by atoms with Crippen molar-refractivity contribution >= 4 is 15.9 Å². The summed E-state index contributed by atoms with van der Waals surface area (Å²) in [5.74, 6) is 0.0244. The lowest BCUT2D eigenvalue weighted by atomic mass is 10.0. The first-order valence-corrected chi connectivity index (χ1v) is 13.2. The number of likely N-dealkylation sites (tertiary alicyclic amines) is 1. The quantitative estimate of drug-likeness (QED) is 0.671. The number of hydrogen-bond donors (Lipinski definition) is 1. The van der Waals surface area contributed by atoms with Crippen LogP contribution < -0.4 is 5.32 Å². The van der Waals surface area contributed by atoms with Crippen LogP contribution in [0.3, 0.4) is 0 Å². The van der Waals surface area contributed by atoms with Gasteiger partial charge in [-0.05, 0) is 44.0 Å². The molecule has 2 aromatic carbocycles. The Morgan fingerprint density at radius 3 is 2.33 bits per heavy atom. The summed E-state index contributed by atoms with van der Waals surface area (Å²) in [7, 11) is -3.48. The molecule has 2 aliphatic heterocycles. The van der Waals surface area contributed by atoms with Gasteiger partial charge in [-0.1, -0.05) is 48.0 Å². The minimum atomic E-state index is -3.48. The predicted molar refractivity (Wildman–Crippen MR) is 129 cm³/mol. The fraction of sp³-hybridized carbons (Fsp3) is 0.480. The van der Waals surface area contributed by atoms with Crippen LogP contribution in [0, 0.1) is 6.92 Å². The first kappa shape index (κ1) is 23.9. The number of nitrogens with zero attached hydrogens (tertiary/aromatic N) is 3. The lowest BCUT2D eigenvalue weighted by molar-refractivity contribution is -0.123. The standard InChI is InChI=1S/C25H34N4O3S/c1-21-9-11-24(12-10-21)33(31,32)29-16-14-27(15-17-29)20-25(30)26-23-8-5-13-28(19-23)18-22-6-3-2-4-7-22/h2-4,6-7,9-12,23H,5,8,13-20H2,1H3,(H,26,30). The molecule has 2 aromatic rings. The molecule has 0 saturated carbocycles. The molecule has 1 unspecified atom stereocenters. The Kier molecular flexibility index (Phi) is 7.80. The zero-order valence-corrected chi connectivity index (χ0v) is 20.1. The maximum absolute atomic E-state index is 12.9. The van der Waals surface area contributed by atoms with Crippen molar-refractivity contribution in [2.75, 3.05) is 45.8 Å². The maximum Gasteiger partial charge on any atom is 0.243 e. The zero-order valence-electron chi connectivity index (χ0n) is 19.3. The van der Waals surface area contributed by atoms with E-state index in [0.717, 1.165) is 38.0 Å². The number of rotatable bonds is 7. The Balaban J connectivity index is 1.22. The van der Waals surface area contributed by atoms with Crippen LogP contribution in [-0.4, -0.2) is 80.3 Å². The first-order valence-electron chi connectivity index (χ1n) is 11.7. The van der Waals surface area contributed by atoms with E-state index in [1.54, 1.807) is 12.1 Å². The van der Waals surface area contributed by atoms with Gasteiger partial charge in [-0.25, -0.2) is 8.42 Å². The molecule has 0 bridgehead atoms. The van der Waals surface area contributed by atoms with Crippen molar-refractivity contribution in [3.8, 4) is 0 Å². The Labute approximate surface area is 197 Å². The molecule has 0 aliphatic carbocycles. The second-order valence-corrected chi connectivity index (χ2v) is 11.1. The van der Waals surface area contributed by atoms with Gasteiger partial charge in [-0.15, -0.1) is 0 Å². The number of sulfonamides is 1. The van der Waals surface area contributed by atoms with Gasteiger partial charge in [0.25, 0.3) is 0 Å². The lowest BCUT2D eigenvalue weighted by Gasteiger charge is -2.35. The summed E-state index contributed by atoms with van der Waals surface area (Å²) < 4.78 is 27.3. The molecule has 4 rings (SSSR count). The van der Waals surface area contributed by atoms with Gasteiger partial charge in [-0.2, -0.15) is 4.31 Å². The van der Waals surface area contributed by atoms with Gasteiger partial charge >= 0.3 is 0 Å². The van der Waals surface area contributed by atoms with Crippen molar-refractivity contribution < 1.29 is 13.2 Å². The Hall–Kier alpha value is -2.26. The van der Waals surface area contributed by atoms with Crippen LogP contribution in [0.4, 0.5) is 0 Å². The fourth-order valence-electron chi connectivity index (χ4n) is 4.62. The number of hydrogen-bond acceptors (Lipinski definition) is 5. The van der Waals surface area contributed by atoms with E-state index < -0.39 is 10.0 Å². The minimum Gasteiger partial charge on any atom is -0.351 e. The van der Waals surface area contributed by atoms with Gasteiger partial charge in [0, 0.05) is 45.3 Å².